The van der Waals surface area contributed by atoms with Gasteiger partial charge < -0.3 is 35.2 Å². The van der Waals surface area contributed by atoms with E-state index >= 15 is 0 Å². The number of rotatable bonds is 10. The standard InChI is InChI=1S/C27H24Cl2N2O6S.H2O/c1-35-22-8-6-15(10-24(22)36-2)23(11-17-18(28)13-30-14-19(17)29)37-27(34)25-9-7-16(38-25)12-31-26-20(32)4-3-5-21(26)33;/h3-10,13-14,23,31-33H,11-12H2,1-2H3;1H2/t23-;/m0./s1. The first kappa shape index (κ1) is 29.9. The molecule has 0 saturated heterocycles. The predicted molar refractivity (Wildman–Crippen MR) is 148 cm³/mol. The number of aromatic nitrogens is 1. The lowest BCUT2D eigenvalue weighted by molar-refractivity contribution is -0.377. The van der Waals surface area contributed by atoms with Gasteiger partial charge in [-0.3, -0.25) is 0 Å². The van der Waals surface area contributed by atoms with Gasteiger partial charge in [0.15, 0.2) is 23.9 Å². The maximum absolute atomic E-state index is 13.2. The number of anilines is 1. The third-order valence-corrected chi connectivity index (χ3v) is 7.48. The number of nitrogens with one attached hydrogen (secondary N) is 2. The van der Waals surface area contributed by atoms with Crippen LogP contribution in [0.5, 0.6) is 23.0 Å². The number of halogens is 2. The number of phenols is 2. The number of phenolic OH excluding ortho intramolecular Hbond substituents is 2. The van der Waals surface area contributed by atoms with Crippen LogP contribution in [0.1, 0.15) is 31.8 Å². The Morgan fingerprint density at radius 2 is 1.67 bits per heavy atom. The smallest absolute Gasteiger partial charge is 0.348 e. The molecule has 5 N–H and O–H groups in total. The number of pyridine rings is 1. The zero-order valence-electron chi connectivity index (χ0n) is 20.9. The van der Waals surface area contributed by atoms with E-state index in [1.807, 2.05) is 0 Å². The topological polar surface area (TPSA) is 141 Å². The minimum Gasteiger partial charge on any atom is -0.870 e. The van der Waals surface area contributed by atoms with E-state index in [0.717, 1.165) is 4.88 Å². The molecule has 0 unspecified atom stereocenters. The summed E-state index contributed by atoms with van der Waals surface area (Å²) >= 11 is 14.0. The molecule has 2 aromatic heterocycles. The number of hydrogen-bond acceptors (Lipinski definition) is 9. The van der Waals surface area contributed by atoms with Crippen molar-refractivity contribution in [1.29, 1.82) is 0 Å². The van der Waals surface area contributed by atoms with Gasteiger partial charge in [0.05, 0.1) is 14.2 Å². The van der Waals surface area contributed by atoms with Crippen LogP contribution in [-0.4, -0.2) is 35.9 Å². The van der Waals surface area contributed by atoms with Gasteiger partial charge >= 0.3 is 5.97 Å². The van der Waals surface area contributed by atoms with Gasteiger partial charge in [-0.25, -0.2) is 9.78 Å². The third-order valence-electron chi connectivity index (χ3n) is 5.74. The van der Waals surface area contributed by atoms with Crippen molar-refractivity contribution in [3.63, 3.8) is 0 Å². The monoisotopic (exact) mass is 592 g/mol. The predicted octanol–water partition coefficient (Wildman–Crippen LogP) is 5.87. The number of para-hydroxylation sites is 1. The summed E-state index contributed by atoms with van der Waals surface area (Å²) in [5.74, 6) is 0.352. The van der Waals surface area contributed by atoms with Crippen molar-refractivity contribution in [3.8, 4) is 23.0 Å². The summed E-state index contributed by atoms with van der Waals surface area (Å²) in [6.45, 7) is 0.286. The summed E-state index contributed by atoms with van der Waals surface area (Å²) in [6, 6.07) is 13.2. The number of thiophene rings is 1. The highest BCUT2D eigenvalue weighted by Gasteiger charge is 2.24. The highest BCUT2D eigenvalue weighted by molar-refractivity contribution is 7.13. The van der Waals surface area contributed by atoms with Crippen molar-refractivity contribution in [2.24, 2.45) is 0 Å². The van der Waals surface area contributed by atoms with Crippen LogP contribution in [0.15, 0.2) is 60.9 Å². The van der Waals surface area contributed by atoms with E-state index in [0.29, 0.717) is 37.5 Å². The maximum atomic E-state index is 13.2. The fraction of sp³-hybridized carbons (Fsp3) is 0.185. The molecular formula is C27H26Cl2N2O7S. The van der Waals surface area contributed by atoms with Crippen LogP contribution in [0, 0.1) is 0 Å². The van der Waals surface area contributed by atoms with Crippen LogP contribution < -0.4 is 19.8 Å². The van der Waals surface area contributed by atoms with E-state index < -0.39 is 12.1 Å². The molecule has 0 aliphatic carbocycles. The second-order valence-corrected chi connectivity index (χ2v) is 10.1. The van der Waals surface area contributed by atoms with Gasteiger partial charge in [-0.05, 0) is 42.0 Å². The highest BCUT2D eigenvalue weighted by atomic mass is 35.5. The quantitative estimate of drug-likeness (QED) is 0.153. The van der Waals surface area contributed by atoms with E-state index in [4.69, 9.17) is 37.4 Å². The van der Waals surface area contributed by atoms with Gasteiger partial charge in [-0.2, -0.15) is 0 Å². The number of methoxy groups -OCH3 is 2. The van der Waals surface area contributed by atoms with Crippen LogP contribution in [0.3, 0.4) is 0 Å². The molecule has 0 spiro atoms. The van der Waals surface area contributed by atoms with Gasteiger partial charge in [0.1, 0.15) is 38.2 Å². The lowest BCUT2D eigenvalue weighted by Gasteiger charge is -2.20. The summed E-state index contributed by atoms with van der Waals surface area (Å²) in [7, 11) is 3.07. The molecule has 0 fully saturated rings. The number of carbonyl (C=O) groups is 1. The number of benzene rings is 2. The van der Waals surface area contributed by atoms with E-state index in [1.165, 1.54) is 36.6 Å². The highest BCUT2D eigenvalue weighted by Crippen LogP contribution is 2.36. The van der Waals surface area contributed by atoms with E-state index in [2.05, 4.69) is 10.3 Å². The lowest BCUT2D eigenvalue weighted by Crippen LogP contribution is -2.15. The lowest BCUT2D eigenvalue weighted by atomic mass is 10.0. The van der Waals surface area contributed by atoms with Gasteiger partial charge in [-0.15, -0.1) is 11.3 Å². The van der Waals surface area contributed by atoms with Crippen molar-refractivity contribution < 1.29 is 39.7 Å². The number of aromatic amines is 1. The zero-order chi connectivity index (χ0) is 27.2. The first-order valence-electron chi connectivity index (χ1n) is 11.4. The van der Waals surface area contributed by atoms with Crippen molar-refractivity contribution in [3.05, 3.63) is 91.9 Å². The van der Waals surface area contributed by atoms with Crippen molar-refractivity contribution in [2.45, 2.75) is 19.1 Å². The Kier molecular flexibility index (Phi) is 10.2. The van der Waals surface area contributed by atoms with Gasteiger partial charge in [-0.1, -0.05) is 35.3 Å². The molecule has 2 heterocycles. The van der Waals surface area contributed by atoms with E-state index in [-0.39, 0.29) is 35.6 Å². The largest absolute Gasteiger partial charge is 0.870 e. The number of ether oxygens (including phenoxy) is 3. The molecule has 39 heavy (non-hydrogen) atoms. The van der Waals surface area contributed by atoms with Gasteiger partial charge in [0.2, 0.25) is 0 Å². The van der Waals surface area contributed by atoms with E-state index in [1.54, 1.807) is 49.8 Å². The summed E-state index contributed by atoms with van der Waals surface area (Å²) in [6.07, 6.45) is 2.70. The average Bonchev–Trinajstić information content (AvgIpc) is 3.38. The number of H-pyrrole nitrogens is 1. The number of hydrogen-bond donors (Lipinski definition) is 3. The van der Waals surface area contributed by atoms with Crippen molar-refractivity contribution in [1.82, 2.24) is 0 Å². The third kappa shape index (κ3) is 7.04. The van der Waals surface area contributed by atoms with Crippen molar-refractivity contribution >= 4 is 46.2 Å². The fourth-order valence-electron chi connectivity index (χ4n) is 3.79. The second-order valence-electron chi connectivity index (χ2n) is 8.13. The SMILES string of the molecule is COc1ccc([C@H](Cc2c(Cl)c[nH+]cc2Cl)OC(=O)c2ccc(CNc3c(O)cccc3O)s2)cc1OC.[OH-]. The molecule has 0 aliphatic heterocycles. The average molecular weight is 593 g/mol. The van der Waals surface area contributed by atoms with E-state index in [9.17, 15) is 15.0 Å². The molecule has 206 valence electrons. The Morgan fingerprint density at radius 3 is 2.31 bits per heavy atom. The summed E-state index contributed by atoms with van der Waals surface area (Å²) < 4.78 is 16.7. The molecule has 12 heteroatoms. The first-order chi connectivity index (χ1) is 18.3. The summed E-state index contributed by atoms with van der Waals surface area (Å²) in [4.78, 5) is 17.3. The van der Waals surface area contributed by atoms with Crippen molar-refractivity contribution in [2.75, 3.05) is 19.5 Å². The molecule has 0 saturated carbocycles. The molecule has 2 aromatic carbocycles. The normalized spacial score (nSPS) is 11.3. The molecule has 4 rings (SSSR count). The maximum Gasteiger partial charge on any atom is 0.348 e. The first-order valence-corrected chi connectivity index (χ1v) is 13.0. The number of carbonyl (C=O) groups excluding carboxylic acids is 1. The fourth-order valence-corrected chi connectivity index (χ4v) is 5.15. The molecule has 0 bridgehead atoms. The van der Waals surface area contributed by atoms with Crippen LogP contribution in [0.2, 0.25) is 10.0 Å². The zero-order valence-corrected chi connectivity index (χ0v) is 23.2. The molecule has 4 aromatic rings. The van der Waals surface area contributed by atoms with Crippen LogP contribution >= 0.6 is 34.5 Å². The molecule has 0 aliphatic rings. The Labute approximate surface area is 238 Å². The Bertz CT molecular complexity index is 1410. The molecule has 0 amide bonds. The van der Waals surface area contributed by atoms with Crippen LogP contribution in [0.4, 0.5) is 5.69 Å². The Balaban J connectivity index is 0.00000420. The van der Waals surface area contributed by atoms with Crippen LogP contribution in [-0.2, 0) is 17.7 Å². The molecule has 0 radical (unpaired) electrons. The minimum absolute atomic E-state index is 0. The molecule has 9 nitrogen and oxygen atoms in total. The Hall–Kier alpha value is -3.70. The van der Waals surface area contributed by atoms with Gasteiger partial charge in [0, 0.05) is 23.4 Å². The summed E-state index contributed by atoms with van der Waals surface area (Å²) in [5, 5.41) is 23.8. The van der Waals surface area contributed by atoms with Crippen LogP contribution in [0.25, 0.3) is 0 Å². The Morgan fingerprint density at radius 1 is 1.00 bits per heavy atom. The molecule has 1 atom stereocenters. The number of aromatic hydroxyl groups is 2. The number of esters is 1. The minimum atomic E-state index is -0.735. The van der Waals surface area contributed by atoms with Gasteiger partial charge in [0.25, 0.3) is 0 Å². The second kappa shape index (κ2) is 13.4. The molecular weight excluding hydrogens is 567 g/mol. The summed E-state index contributed by atoms with van der Waals surface area (Å²) in [5.41, 5.74) is 1.51.